The summed E-state index contributed by atoms with van der Waals surface area (Å²) in [6, 6.07) is 7.24. The Morgan fingerprint density at radius 2 is 2.10 bits per heavy atom. The molecule has 1 amide bonds. The predicted molar refractivity (Wildman–Crippen MR) is 80.0 cm³/mol. The molecule has 0 spiro atoms. The normalized spacial score (nSPS) is 10.5. The van der Waals surface area contributed by atoms with Gasteiger partial charge in [0, 0.05) is 23.3 Å². The molecule has 0 aromatic carbocycles. The topological polar surface area (TPSA) is 68.0 Å². The maximum atomic E-state index is 11.9. The van der Waals surface area contributed by atoms with Crippen LogP contribution in [-0.4, -0.2) is 15.9 Å². The Balaban J connectivity index is 1.64. The van der Waals surface area contributed by atoms with E-state index < -0.39 is 0 Å². The lowest BCUT2D eigenvalue weighted by molar-refractivity contribution is 0.0921. The molecule has 0 aliphatic heterocycles. The van der Waals surface area contributed by atoms with Gasteiger partial charge in [0.05, 0.1) is 12.2 Å². The van der Waals surface area contributed by atoms with Gasteiger partial charge in [-0.3, -0.25) is 9.78 Å². The maximum absolute atomic E-state index is 11.9. The molecule has 0 atom stereocenters. The molecule has 3 heterocycles. The van der Waals surface area contributed by atoms with E-state index in [0.29, 0.717) is 18.1 Å². The second-order valence-electron chi connectivity index (χ2n) is 4.47. The highest BCUT2D eigenvalue weighted by atomic mass is 32.1. The summed E-state index contributed by atoms with van der Waals surface area (Å²) in [5.74, 6) is 0.799. The lowest BCUT2D eigenvalue weighted by Crippen LogP contribution is -2.22. The molecule has 0 saturated heterocycles. The number of thiazole rings is 1. The van der Waals surface area contributed by atoms with E-state index in [0.717, 1.165) is 16.3 Å². The summed E-state index contributed by atoms with van der Waals surface area (Å²) < 4.78 is 5.27. The molecule has 0 fully saturated rings. The second-order valence-corrected chi connectivity index (χ2v) is 5.33. The Kier molecular flexibility index (Phi) is 3.79. The summed E-state index contributed by atoms with van der Waals surface area (Å²) in [7, 11) is 0. The van der Waals surface area contributed by atoms with Crippen LogP contribution in [0.2, 0.25) is 0 Å². The number of furan rings is 1. The molecule has 0 saturated carbocycles. The number of nitrogens with one attached hydrogen (secondary N) is 1. The quantitative estimate of drug-likeness (QED) is 0.804. The molecule has 3 rings (SSSR count). The molecule has 106 valence electrons. The molecular weight excluding hydrogens is 286 g/mol. The average molecular weight is 299 g/mol. The zero-order valence-electron chi connectivity index (χ0n) is 11.4. The van der Waals surface area contributed by atoms with Gasteiger partial charge in [0.2, 0.25) is 0 Å². The van der Waals surface area contributed by atoms with E-state index in [1.54, 1.807) is 42.8 Å². The molecule has 0 radical (unpaired) electrons. The Morgan fingerprint density at radius 3 is 2.81 bits per heavy atom. The molecule has 5 nitrogen and oxygen atoms in total. The first-order chi connectivity index (χ1) is 10.2. The second kappa shape index (κ2) is 5.88. The highest BCUT2D eigenvalue weighted by Crippen LogP contribution is 2.22. The average Bonchev–Trinajstić information content (AvgIpc) is 3.15. The summed E-state index contributed by atoms with van der Waals surface area (Å²) in [5.41, 5.74) is 1.85. The summed E-state index contributed by atoms with van der Waals surface area (Å²) in [5, 5.41) is 5.64. The minimum atomic E-state index is -0.235. The van der Waals surface area contributed by atoms with Gasteiger partial charge in [0.1, 0.15) is 10.8 Å². The molecule has 3 aromatic heterocycles. The monoisotopic (exact) mass is 299 g/mol. The molecule has 0 unspecified atom stereocenters. The first kappa shape index (κ1) is 13.5. The Hall–Kier alpha value is -2.47. The largest absolute Gasteiger partial charge is 0.456 e. The van der Waals surface area contributed by atoms with Crippen molar-refractivity contribution in [2.45, 2.75) is 13.5 Å². The minimum Gasteiger partial charge on any atom is -0.456 e. The molecule has 1 N–H and O–H groups in total. The van der Waals surface area contributed by atoms with Crippen molar-refractivity contribution in [2.24, 2.45) is 0 Å². The fraction of sp³-hybridized carbons (Fsp3) is 0.133. The first-order valence-electron chi connectivity index (χ1n) is 6.42. The van der Waals surface area contributed by atoms with E-state index in [4.69, 9.17) is 4.42 Å². The van der Waals surface area contributed by atoms with Crippen LogP contribution in [0.3, 0.4) is 0 Å². The van der Waals surface area contributed by atoms with E-state index >= 15 is 0 Å². The van der Waals surface area contributed by atoms with Gasteiger partial charge in [-0.05, 0) is 31.2 Å². The van der Waals surface area contributed by atoms with Gasteiger partial charge >= 0.3 is 0 Å². The van der Waals surface area contributed by atoms with Crippen LogP contribution in [0.1, 0.15) is 22.0 Å². The van der Waals surface area contributed by atoms with E-state index in [2.05, 4.69) is 15.3 Å². The lowest BCUT2D eigenvalue weighted by Gasteiger charge is -2.00. The molecule has 0 aliphatic rings. The van der Waals surface area contributed by atoms with Crippen molar-refractivity contribution in [3.63, 3.8) is 0 Å². The molecular formula is C15H13N3O2S. The van der Waals surface area contributed by atoms with Crippen molar-refractivity contribution in [3.8, 4) is 10.6 Å². The Bertz CT molecular complexity index is 749. The lowest BCUT2D eigenvalue weighted by atomic mass is 10.3. The molecule has 6 heteroatoms. The van der Waals surface area contributed by atoms with Crippen LogP contribution in [0, 0.1) is 6.92 Å². The van der Waals surface area contributed by atoms with Gasteiger partial charge in [0.25, 0.3) is 5.91 Å². The number of aryl methyl sites for hydroxylation is 1. The minimum absolute atomic E-state index is 0.235. The predicted octanol–water partition coefficient (Wildman–Crippen LogP) is 3.04. The van der Waals surface area contributed by atoms with Crippen molar-refractivity contribution in [3.05, 3.63) is 59.3 Å². The summed E-state index contributed by atoms with van der Waals surface area (Å²) in [6.45, 7) is 2.18. The molecule has 0 bridgehead atoms. The van der Waals surface area contributed by atoms with E-state index in [-0.39, 0.29) is 5.91 Å². The van der Waals surface area contributed by atoms with E-state index in [1.807, 2.05) is 17.5 Å². The number of amides is 1. The van der Waals surface area contributed by atoms with E-state index in [1.165, 1.54) is 0 Å². The third-order valence-electron chi connectivity index (χ3n) is 2.87. The van der Waals surface area contributed by atoms with E-state index in [9.17, 15) is 4.79 Å². The number of hydrogen-bond acceptors (Lipinski definition) is 5. The number of hydrogen-bond donors (Lipinski definition) is 1. The van der Waals surface area contributed by atoms with Gasteiger partial charge in [-0.1, -0.05) is 0 Å². The fourth-order valence-electron chi connectivity index (χ4n) is 1.83. The van der Waals surface area contributed by atoms with Crippen molar-refractivity contribution >= 4 is 17.2 Å². The Labute approximate surface area is 125 Å². The number of aromatic nitrogens is 2. The number of pyridine rings is 1. The molecule has 21 heavy (non-hydrogen) atoms. The summed E-state index contributed by atoms with van der Waals surface area (Å²) in [6.07, 6.45) is 3.47. The number of carbonyl (C=O) groups excluding carboxylic acids is 1. The summed E-state index contributed by atoms with van der Waals surface area (Å²) >= 11 is 1.54. The van der Waals surface area contributed by atoms with Gasteiger partial charge < -0.3 is 9.73 Å². The SMILES string of the molecule is Cc1ccc(C(=O)NCc2csc(-c3ccncc3)n2)o1. The summed E-state index contributed by atoms with van der Waals surface area (Å²) in [4.78, 5) is 20.3. The van der Waals surface area contributed by atoms with Gasteiger partial charge in [-0.25, -0.2) is 4.98 Å². The number of rotatable bonds is 4. The maximum Gasteiger partial charge on any atom is 0.287 e. The van der Waals surface area contributed by atoms with Crippen LogP contribution in [0.4, 0.5) is 0 Å². The van der Waals surface area contributed by atoms with Crippen LogP contribution >= 0.6 is 11.3 Å². The third kappa shape index (κ3) is 3.17. The van der Waals surface area contributed by atoms with Crippen LogP contribution in [0.25, 0.3) is 10.6 Å². The van der Waals surface area contributed by atoms with Crippen LogP contribution in [0.15, 0.2) is 46.5 Å². The van der Waals surface area contributed by atoms with Crippen molar-refractivity contribution in [1.29, 1.82) is 0 Å². The van der Waals surface area contributed by atoms with Crippen LogP contribution < -0.4 is 5.32 Å². The molecule has 3 aromatic rings. The van der Waals surface area contributed by atoms with Crippen LogP contribution in [0.5, 0.6) is 0 Å². The van der Waals surface area contributed by atoms with Gasteiger partial charge in [-0.2, -0.15) is 0 Å². The standard InChI is InChI=1S/C15H13N3O2S/c1-10-2-3-13(20-10)14(19)17-8-12-9-21-15(18-12)11-4-6-16-7-5-11/h2-7,9H,8H2,1H3,(H,17,19). The highest BCUT2D eigenvalue weighted by molar-refractivity contribution is 7.13. The zero-order chi connectivity index (χ0) is 14.7. The van der Waals surface area contributed by atoms with Crippen LogP contribution in [-0.2, 0) is 6.54 Å². The highest BCUT2D eigenvalue weighted by Gasteiger charge is 2.10. The smallest absolute Gasteiger partial charge is 0.287 e. The molecule has 0 aliphatic carbocycles. The Morgan fingerprint density at radius 1 is 1.29 bits per heavy atom. The van der Waals surface area contributed by atoms with Gasteiger partial charge in [0.15, 0.2) is 5.76 Å². The third-order valence-corrected chi connectivity index (χ3v) is 3.81. The number of nitrogens with zero attached hydrogens (tertiary/aromatic N) is 2. The zero-order valence-corrected chi connectivity index (χ0v) is 12.2. The van der Waals surface area contributed by atoms with Gasteiger partial charge in [-0.15, -0.1) is 11.3 Å². The van der Waals surface area contributed by atoms with Crippen molar-refractivity contribution in [1.82, 2.24) is 15.3 Å². The fourth-order valence-corrected chi connectivity index (χ4v) is 2.66. The first-order valence-corrected chi connectivity index (χ1v) is 7.30. The van der Waals surface area contributed by atoms with Crippen molar-refractivity contribution < 1.29 is 9.21 Å². The van der Waals surface area contributed by atoms with Crippen molar-refractivity contribution in [2.75, 3.05) is 0 Å². The number of carbonyl (C=O) groups is 1.